The zero-order chi connectivity index (χ0) is 16.9. The highest BCUT2D eigenvalue weighted by Gasteiger charge is 2.22. The molecule has 0 aromatic carbocycles. The lowest BCUT2D eigenvalue weighted by Gasteiger charge is -2.36. The van der Waals surface area contributed by atoms with Gasteiger partial charge in [0.05, 0.1) is 24.1 Å². The third-order valence-electron chi connectivity index (χ3n) is 3.76. The van der Waals surface area contributed by atoms with E-state index < -0.39 is 0 Å². The van der Waals surface area contributed by atoms with Crippen LogP contribution in [0.4, 0.5) is 16.3 Å². The third-order valence-corrected chi connectivity index (χ3v) is 3.76. The number of hydrogen-bond donors (Lipinski definition) is 3. The first-order valence-corrected chi connectivity index (χ1v) is 7.99. The zero-order valence-electron chi connectivity index (χ0n) is 13.8. The normalized spacial score (nSPS) is 20.7. The van der Waals surface area contributed by atoms with Crippen LogP contribution in [0.1, 0.15) is 19.4 Å². The van der Waals surface area contributed by atoms with Gasteiger partial charge in [-0.2, -0.15) is 5.10 Å². The van der Waals surface area contributed by atoms with Crippen LogP contribution in [0.3, 0.4) is 0 Å². The smallest absolute Gasteiger partial charge is 0.319 e. The van der Waals surface area contributed by atoms with Crippen molar-refractivity contribution >= 4 is 17.5 Å². The first-order valence-electron chi connectivity index (χ1n) is 7.99. The fourth-order valence-electron chi connectivity index (χ4n) is 2.75. The molecule has 2 amide bonds. The molecule has 1 aliphatic heterocycles. The van der Waals surface area contributed by atoms with Crippen LogP contribution < -0.4 is 15.5 Å². The van der Waals surface area contributed by atoms with Crippen LogP contribution in [0, 0.1) is 0 Å². The van der Waals surface area contributed by atoms with Crippen LogP contribution in [0.2, 0.25) is 0 Å². The van der Waals surface area contributed by atoms with Crippen molar-refractivity contribution in [2.75, 3.05) is 23.3 Å². The number of H-pyrrole nitrogens is 1. The summed E-state index contributed by atoms with van der Waals surface area (Å²) in [6, 6.07) is 3.68. The number of urea groups is 1. The number of rotatable bonds is 4. The molecule has 2 aromatic rings. The highest BCUT2D eigenvalue weighted by molar-refractivity contribution is 5.88. The van der Waals surface area contributed by atoms with Gasteiger partial charge in [-0.3, -0.25) is 5.10 Å². The van der Waals surface area contributed by atoms with E-state index in [2.05, 4.69) is 44.6 Å². The number of amides is 2. The molecule has 128 valence electrons. The van der Waals surface area contributed by atoms with E-state index in [4.69, 9.17) is 4.74 Å². The van der Waals surface area contributed by atoms with Gasteiger partial charge in [0.1, 0.15) is 5.82 Å². The summed E-state index contributed by atoms with van der Waals surface area (Å²) in [5.41, 5.74) is 1.56. The van der Waals surface area contributed by atoms with Gasteiger partial charge in [-0.25, -0.2) is 9.78 Å². The minimum absolute atomic E-state index is 0.198. The van der Waals surface area contributed by atoms with Gasteiger partial charge in [-0.05, 0) is 25.5 Å². The Morgan fingerprint density at radius 2 is 2.12 bits per heavy atom. The Hall–Kier alpha value is -2.61. The molecule has 2 atom stereocenters. The van der Waals surface area contributed by atoms with Gasteiger partial charge in [-0.1, -0.05) is 6.07 Å². The fourth-order valence-corrected chi connectivity index (χ4v) is 2.75. The van der Waals surface area contributed by atoms with Crippen LogP contribution in [-0.2, 0) is 11.3 Å². The van der Waals surface area contributed by atoms with Crippen LogP contribution >= 0.6 is 0 Å². The molecule has 0 saturated carbocycles. The summed E-state index contributed by atoms with van der Waals surface area (Å²) in [7, 11) is 0. The number of morpholine rings is 1. The molecule has 0 bridgehead atoms. The number of nitrogens with zero attached hydrogens (tertiary/aromatic N) is 3. The second kappa shape index (κ2) is 7.31. The van der Waals surface area contributed by atoms with E-state index in [1.807, 2.05) is 12.1 Å². The summed E-state index contributed by atoms with van der Waals surface area (Å²) in [4.78, 5) is 18.5. The Morgan fingerprint density at radius 1 is 1.33 bits per heavy atom. The minimum atomic E-state index is -0.281. The van der Waals surface area contributed by atoms with Crippen molar-refractivity contribution in [1.29, 1.82) is 0 Å². The van der Waals surface area contributed by atoms with Crippen LogP contribution in [0.5, 0.6) is 0 Å². The van der Waals surface area contributed by atoms with Gasteiger partial charge in [0.25, 0.3) is 0 Å². The van der Waals surface area contributed by atoms with Crippen molar-refractivity contribution < 1.29 is 9.53 Å². The zero-order valence-corrected chi connectivity index (χ0v) is 13.8. The number of aromatic amines is 1. The lowest BCUT2D eigenvalue weighted by Crippen LogP contribution is -2.45. The SMILES string of the molecule is C[C@@H]1CN(c2ccc(CNC(=O)Nc3cn[nH]c3)cn2)C[C@@H](C)O1. The molecule has 3 N–H and O–H groups in total. The van der Waals surface area contributed by atoms with Gasteiger partial charge in [0, 0.05) is 32.0 Å². The number of carbonyl (C=O) groups is 1. The molecule has 1 aliphatic rings. The van der Waals surface area contributed by atoms with E-state index in [1.54, 1.807) is 18.6 Å². The minimum Gasteiger partial charge on any atom is -0.372 e. The average Bonchev–Trinajstić information content (AvgIpc) is 3.05. The molecule has 2 aromatic heterocycles. The Morgan fingerprint density at radius 3 is 2.75 bits per heavy atom. The van der Waals surface area contributed by atoms with E-state index in [1.165, 1.54) is 0 Å². The van der Waals surface area contributed by atoms with Crippen LogP contribution in [0.25, 0.3) is 0 Å². The second-order valence-electron chi connectivity index (χ2n) is 5.98. The Labute approximate surface area is 140 Å². The molecule has 0 radical (unpaired) electrons. The molecule has 8 nitrogen and oxygen atoms in total. The molecule has 1 saturated heterocycles. The maximum Gasteiger partial charge on any atom is 0.319 e. The summed E-state index contributed by atoms with van der Waals surface area (Å²) in [5.74, 6) is 0.934. The summed E-state index contributed by atoms with van der Waals surface area (Å²) in [6.45, 7) is 6.22. The van der Waals surface area contributed by atoms with Crippen LogP contribution in [-0.4, -0.2) is 46.5 Å². The largest absolute Gasteiger partial charge is 0.372 e. The van der Waals surface area contributed by atoms with Gasteiger partial charge in [-0.15, -0.1) is 0 Å². The number of anilines is 2. The molecule has 0 aliphatic carbocycles. The highest BCUT2D eigenvalue weighted by atomic mass is 16.5. The molecule has 0 unspecified atom stereocenters. The van der Waals surface area contributed by atoms with Gasteiger partial charge in [0.15, 0.2) is 0 Å². The third kappa shape index (κ3) is 4.23. The average molecular weight is 330 g/mol. The summed E-state index contributed by atoms with van der Waals surface area (Å²) < 4.78 is 5.74. The number of carbonyl (C=O) groups excluding carboxylic acids is 1. The lowest BCUT2D eigenvalue weighted by atomic mass is 10.2. The Balaban J connectivity index is 1.52. The summed E-state index contributed by atoms with van der Waals surface area (Å²) in [6.07, 6.45) is 5.34. The summed E-state index contributed by atoms with van der Waals surface area (Å²) >= 11 is 0. The molecule has 8 heteroatoms. The van der Waals surface area contributed by atoms with Crippen molar-refractivity contribution in [1.82, 2.24) is 20.5 Å². The predicted octanol–water partition coefficient (Wildman–Crippen LogP) is 1.74. The Bertz CT molecular complexity index is 648. The molecule has 3 rings (SSSR count). The van der Waals surface area contributed by atoms with Crippen molar-refractivity contribution in [2.45, 2.75) is 32.6 Å². The maximum absolute atomic E-state index is 11.8. The predicted molar refractivity (Wildman–Crippen MR) is 90.9 cm³/mol. The second-order valence-corrected chi connectivity index (χ2v) is 5.98. The van der Waals surface area contributed by atoms with Gasteiger partial charge >= 0.3 is 6.03 Å². The molecule has 3 heterocycles. The van der Waals surface area contributed by atoms with E-state index in [0.717, 1.165) is 24.5 Å². The quantitative estimate of drug-likeness (QED) is 0.794. The first-order chi connectivity index (χ1) is 11.6. The summed E-state index contributed by atoms with van der Waals surface area (Å²) in [5, 5.41) is 11.9. The fraction of sp³-hybridized carbons (Fsp3) is 0.438. The maximum atomic E-state index is 11.8. The topological polar surface area (TPSA) is 95.2 Å². The lowest BCUT2D eigenvalue weighted by molar-refractivity contribution is -0.00546. The Kier molecular flexibility index (Phi) is 4.95. The van der Waals surface area contributed by atoms with Crippen molar-refractivity contribution in [3.63, 3.8) is 0 Å². The number of pyridine rings is 1. The van der Waals surface area contributed by atoms with Crippen LogP contribution in [0.15, 0.2) is 30.7 Å². The number of nitrogens with one attached hydrogen (secondary N) is 3. The standard InChI is InChI=1S/C16H22N6O2/c1-11-9-22(10-12(2)24-11)15-4-3-13(5-17-15)6-18-16(23)21-14-7-19-20-8-14/h3-5,7-8,11-12H,6,9-10H2,1-2H3,(H,19,20)(H2,18,21,23)/t11-,12-/m1/s1. The van der Waals surface area contributed by atoms with E-state index in [0.29, 0.717) is 12.2 Å². The molecule has 0 spiro atoms. The van der Waals surface area contributed by atoms with Crippen molar-refractivity contribution in [3.8, 4) is 0 Å². The number of aromatic nitrogens is 3. The monoisotopic (exact) mass is 330 g/mol. The molecule has 1 fully saturated rings. The number of hydrogen-bond acceptors (Lipinski definition) is 5. The van der Waals surface area contributed by atoms with E-state index in [9.17, 15) is 4.79 Å². The van der Waals surface area contributed by atoms with Crippen molar-refractivity contribution in [3.05, 3.63) is 36.3 Å². The van der Waals surface area contributed by atoms with Gasteiger partial charge < -0.3 is 20.3 Å². The molecular formula is C16H22N6O2. The first kappa shape index (κ1) is 16.3. The van der Waals surface area contributed by atoms with Crippen molar-refractivity contribution in [2.24, 2.45) is 0 Å². The number of ether oxygens (including phenoxy) is 1. The van der Waals surface area contributed by atoms with E-state index >= 15 is 0 Å². The molecule has 24 heavy (non-hydrogen) atoms. The van der Waals surface area contributed by atoms with Gasteiger partial charge in [0.2, 0.25) is 0 Å². The highest BCUT2D eigenvalue weighted by Crippen LogP contribution is 2.18. The molecular weight excluding hydrogens is 308 g/mol. The van der Waals surface area contributed by atoms with E-state index in [-0.39, 0.29) is 18.2 Å².